The molecule has 0 bridgehead atoms. The highest BCUT2D eigenvalue weighted by molar-refractivity contribution is 5.49. The van der Waals surface area contributed by atoms with Crippen LogP contribution in [0.3, 0.4) is 0 Å². The molecule has 63 valence electrons. The Morgan fingerprint density at radius 3 is 2.42 bits per heavy atom. The Morgan fingerprint density at radius 1 is 1.33 bits per heavy atom. The molecular weight excluding hydrogens is 148 g/mol. The van der Waals surface area contributed by atoms with E-state index in [9.17, 15) is 5.11 Å². The Morgan fingerprint density at radius 2 is 1.92 bits per heavy atom. The van der Waals surface area contributed by atoms with Crippen LogP contribution < -0.4 is 0 Å². The summed E-state index contributed by atoms with van der Waals surface area (Å²) in [6, 6.07) is 10.5. The van der Waals surface area contributed by atoms with Gasteiger partial charge in [-0.2, -0.15) is 0 Å². The molecule has 1 rings (SSSR count). The van der Waals surface area contributed by atoms with Gasteiger partial charge in [0.15, 0.2) is 0 Å². The van der Waals surface area contributed by atoms with Crippen molar-refractivity contribution in [1.29, 1.82) is 0 Å². The van der Waals surface area contributed by atoms with E-state index in [1.165, 1.54) is 0 Å². The Bertz CT molecular complexity index is 254. The van der Waals surface area contributed by atoms with Gasteiger partial charge in [-0.1, -0.05) is 36.4 Å². The maximum Gasteiger partial charge on any atom is 0.0774 e. The minimum atomic E-state index is -0.737. The first kappa shape index (κ1) is 9.01. The first-order chi connectivity index (χ1) is 5.58. The van der Waals surface area contributed by atoms with Crippen LogP contribution in [0.1, 0.15) is 19.4 Å². The van der Waals surface area contributed by atoms with Gasteiger partial charge in [0.1, 0.15) is 0 Å². The molecule has 0 heterocycles. The maximum absolute atomic E-state index is 9.38. The van der Waals surface area contributed by atoms with Crippen LogP contribution in [-0.4, -0.2) is 10.7 Å². The number of hydrogen-bond acceptors (Lipinski definition) is 1. The minimum absolute atomic E-state index is 0.737. The number of rotatable bonds is 2. The Kier molecular flexibility index (Phi) is 2.66. The lowest BCUT2D eigenvalue weighted by atomic mass is 10.1. The Labute approximate surface area is 73.4 Å². The second kappa shape index (κ2) is 3.55. The molecule has 0 amide bonds. The van der Waals surface area contributed by atoms with E-state index in [-0.39, 0.29) is 0 Å². The highest BCUT2D eigenvalue weighted by Gasteiger charge is 2.04. The summed E-state index contributed by atoms with van der Waals surface area (Å²) in [4.78, 5) is 0. The van der Waals surface area contributed by atoms with Crippen molar-refractivity contribution in [3.05, 3.63) is 42.0 Å². The van der Waals surface area contributed by atoms with E-state index in [1.54, 1.807) is 19.9 Å². The molecular formula is C11H13O. The summed E-state index contributed by atoms with van der Waals surface area (Å²) in [5, 5.41) is 9.38. The summed E-state index contributed by atoms with van der Waals surface area (Å²) in [5.74, 6) is 0. The van der Waals surface area contributed by atoms with Crippen LogP contribution in [0.5, 0.6) is 0 Å². The molecule has 1 nitrogen and oxygen atoms in total. The molecule has 1 radical (unpaired) electrons. The standard InChI is InChI=1S/C11H13O/c1-11(2,12)9-8-10-6-4-3-5-7-10/h4-9,12H,1-2H3/b9-8+. The molecule has 1 heteroatoms. The van der Waals surface area contributed by atoms with Crippen LogP contribution >= 0.6 is 0 Å². The maximum atomic E-state index is 9.38. The number of aliphatic hydroxyl groups is 1. The lowest BCUT2D eigenvalue weighted by Crippen LogP contribution is -2.13. The normalized spacial score (nSPS) is 12.2. The van der Waals surface area contributed by atoms with Crippen LogP contribution in [-0.2, 0) is 0 Å². The zero-order chi connectivity index (χ0) is 9.03. The summed E-state index contributed by atoms with van der Waals surface area (Å²) in [6.45, 7) is 3.50. The van der Waals surface area contributed by atoms with Crippen LogP contribution in [0.2, 0.25) is 0 Å². The SMILES string of the molecule is CC(C)(O)/C=C/c1cc[c]cc1. The molecule has 0 atom stereocenters. The van der Waals surface area contributed by atoms with Crippen molar-refractivity contribution in [2.75, 3.05) is 0 Å². The highest BCUT2D eigenvalue weighted by atomic mass is 16.3. The van der Waals surface area contributed by atoms with Crippen molar-refractivity contribution in [2.24, 2.45) is 0 Å². The largest absolute Gasteiger partial charge is 0.386 e. The molecule has 1 N–H and O–H groups in total. The van der Waals surface area contributed by atoms with E-state index >= 15 is 0 Å². The fraction of sp³-hybridized carbons (Fsp3) is 0.273. The molecule has 0 saturated heterocycles. The molecule has 0 fully saturated rings. The predicted molar refractivity (Wildman–Crippen MR) is 50.6 cm³/mol. The summed E-state index contributed by atoms with van der Waals surface area (Å²) in [5.41, 5.74) is 0.343. The lowest BCUT2D eigenvalue weighted by Gasteiger charge is -2.09. The molecule has 0 unspecified atom stereocenters. The first-order valence-corrected chi connectivity index (χ1v) is 3.96. The van der Waals surface area contributed by atoms with Crippen LogP contribution in [0, 0.1) is 6.07 Å². The summed E-state index contributed by atoms with van der Waals surface area (Å²) >= 11 is 0. The number of benzene rings is 1. The second-order valence-electron chi connectivity index (χ2n) is 3.32. The molecule has 0 aliphatic carbocycles. The van der Waals surface area contributed by atoms with Crippen molar-refractivity contribution in [1.82, 2.24) is 0 Å². The van der Waals surface area contributed by atoms with E-state index in [4.69, 9.17) is 0 Å². The van der Waals surface area contributed by atoms with Gasteiger partial charge in [0.2, 0.25) is 0 Å². The Hall–Kier alpha value is -1.08. The predicted octanol–water partition coefficient (Wildman–Crippen LogP) is 2.27. The first-order valence-electron chi connectivity index (χ1n) is 3.96. The average molecular weight is 161 g/mol. The van der Waals surface area contributed by atoms with Gasteiger partial charge in [0, 0.05) is 0 Å². The van der Waals surface area contributed by atoms with E-state index in [1.807, 2.05) is 30.3 Å². The van der Waals surface area contributed by atoms with Crippen molar-refractivity contribution < 1.29 is 5.11 Å². The number of hydrogen-bond donors (Lipinski definition) is 1. The molecule has 0 aliphatic heterocycles. The third kappa shape index (κ3) is 3.35. The zero-order valence-corrected chi connectivity index (χ0v) is 7.41. The highest BCUT2D eigenvalue weighted by Crippen LogP contribution is 2.07. The van der Waals surface area contributed by atoms with Gasteiger partial charge in [-0.25, -0.2) is 0 Å². The van der Waals surface area contributed by atoms with Gasteiger partial charge in [-0.3, -0.25) is 0 Å². The summed E-state index contributed by atoms with van der Waals surface area (Å²) < 4.78 is 0. The van der Waals surface area contributed by atoms with Gasteiger partial charge in [-0.05, 0) is 25.5 Å². The molecule has 1 aromatic carbocycles. The van der Waals surface area contributed by atoms with Gasteiger partial charge >= 0.3 is 0 Å². The fourth-order valence-electron chi connectivity index (χ4n) is 0.811. The van der Waals surface area contributed by atoms with Gasteiger partial charge in [0.25, 0.3) is 0 Å². The molecule has 0 spiro atoms. The van der Waals surface area contributed by atoms with Gasteiger partial charge in [0.05, 0.1) is 5.60 Å². The zero-order valence-electron chi connectivity index (χ0n) is 7.41. The minimum Gasteiger partial charge on any atom is -0.386 e. The third-order valence-electron chi connectivity index (χ3n) is 1.43. The van der Waals surface area contributed by atoms with Crippen molar-refractivity contribution in [2.45, 2.75) is 19.4 Å². The smallest absolute Gasteiger partial charge is 0.0774 e. The molecule has 12 heavy (non-hydrogen) atoms. The summed E-state index contributed by atoms with van der Waals surface area (Å²) in [7, 11) is 0. The van der Waals surface area contributed by atoms with E-state index in [0.717, 1.165) is 5.56 Å². The van der Waals surface area contributed by atoms with E-state index in [0.29, 0.717) is 0 Å². The molecule has 0 aromatic heterocycles. The summed E-state index contributed by atoms with van der Waals surface area (Å²) in [6.07, 6.45) is 3.66. The monoisotopic (exact) mass is 161 g/mol. The lowest BCUT2D eigenvalue weighted by molar-refractivity contribution is 0.134. The van der Waals surface area contributed by atoms with Crippen LogP contribution in [0.25, 0.3) is 6.08 Å². The van der Waals surface area contributed by atoms with Crippen LogP contribution in [0.4, 0.5) is 0 Å². The van der Waals surface area contributed by atoms with Crippen molar-refractivity contribution in [3.63, 3.8) is 0 Å². The fourth-order valence-corrected chi connectivity index (χ4v) is 0.811. The topological polar surface area (TPSA) is 20.2 Å². The second-order valence-corrected chi connectivity index (χ2v) is 3.32. The average Bonchev–Trinajstić information content (AvgIpc) is 2.02. The molecule has 0 saturated carbocycles. The van der Waals surface area contributed by atoms with Gasteiger partial charge in [-0.15, -0.1) is 0 Å². The molecule has 1 aromatic rings. The van der Waals surface area contributed by atoms with Crippen molar-refractivity contribution in [3.8, 4) is 0 Å². The van der Waals surface area contributed by atoms with Crippen LogP contribution in [0.15, 0.2) is 30.3 Å². The van der Waals surface area contributed by atoms with E-state index in [2.05, 4.69) is 6.07 Å². The Balaban J connectivity index is 2.71. The van der Waals surface area contributed by atoms with Crippen molar-refractivity contribution >= 4 is 6.08 Å². The van der Waals surface area contributed by atoms with Gasteiger partial charge < -0.3 is 5.11 Å². The third-order valence-corrected chi connectivity index (χ3v) is 1.43. The van der Waals surface area contributed by atoms with E-state index < -0.39 is 5.60 Å². The quantitative estimate of drug-likeness (QED) is 0.705. The molecule has 0 aliphatic rings.